The van der Waals surface area contributed by atoms with Gasteiger partial charge in [0.1, 0.15) is 11.4 Å². The molecule has 0 saturated heterocycles. The van der Waals surface area contributed by atoms with Crippen molar-refractivity contribution in [3.8, 4) is 0 Å². The molecule has 0 aromatic carbocycles. The van der Waals surface area contributed by atoms with Crippen molar-refractivity contribution in [1.82, 2.24) is 10.3 Å². The fourth-order valence-corrected chi connectivity index (χ4v) is 1.63. The number of ether oxygens (including phenoxy) is 1. The Morgan fingerprint density at radius 1 is 1.29 bits per heavy atom. The molecule has 0 saturated carbocycles. The number of nitrogen functional groups attached to an aromatic ring is 1. The average Bonchev–Trinajstić information content (AvgIpc) is 2.36. The highest BCUT2D eigenvalue weighted by atomic mass is 16.6. The van der Waals surface area contributed by atoms with Crippen LogP contribution in [0.3, 0.4) is 0 Å². The van der Waals surface area contributed by atoms with Crippen molar-refractivity contribution in [3.05, 3.63) is 23.9 Å². The van der Waals surface area contributed by atoms with Crippen LogP contribution in [-0.2, 0) is 4.74 Å². The van der Waals surface area contributed by atoms with Crippen molar-refractivity contribution in [2.75, 3.05) is 12.3 Å². The number of nitrogens with one attached hydrogen (secondary N) is 1. The van der Waals surface area contributed by atoms with E-state index in [1.165, 1.54) is 6.20 Å². The van der Waals surface area contributed by atoms with E-state index >= 15 is 0 Å². The number of rotatable bonds is 6. The van der Waals surface area contributed by atoms with Gasteiger partial charge in [0, 0.05) is 24.7 Å². The number of Topliss-reactive ketones (excluding diaryl/α,β-unsaturated/α-hetero) is 1. The first-order chi connectivity index (χ1) is 9.78. The predicted octanol–water partition coefficient (Wildman–Crippen LogP) is 2.54. The number of anilines is 1. The lowest BCUT2D eigenvalue weighted by Gasteiger charge is -2.19. The lowest BCUT2D eigenvalue weighted by molar-refractivity contribution is 0.0527. The van der Waals surface area contributed by atoms with Gasteiger partial charge in [-0.25, -0.2) is 9.78 Å². The van der Waals surface area contributed by atoms with Crippen molar-refractivity contribution in [3.63, 3.8) is 0 Å². The molecule has 1 amide bonds. The number of carbonyl (C=O) groups excluding carboxylic acids is 2. The summed E-state index contributed by atoms with van der Waals surface area (Å²) >= 11 is 0. The first kappa shape index (κ1) is 16.9. The Balaban J connectivity index is 2.18. The van der Waals surface area contributed by atoms with Gasteiger partial charge in [-0.3, -0.25) is 4.79 Å². The highest BCUT2D eigenvalue weighted by Gasteiger charge is 2.15. The summed E-state index contributed by atoms with van der Waals surface area (Å²) in [6.45, 7) is 5.92. The maximum absolute atomic E-state index is 11.8. The van der Waals surface area contributed by atoms with Crippen LogP contribution in [0.1, 0.15) is 50.4 Å². The van der Waals surface area contributed by atoms with Gasteiger partial charge in [-0.15, -0.1) is 0 Å². The fraction of sp³-hybridized carbons (Fsp3) is 0.533. The quantitative estimate of drug-likeness (QED) is 0.621. The van der Waals surface area contributed by atoms with Gasteiger partial charge >= 0.3 is 6.09 Å². The van der Waals surface area contributed by atoms with Gasteiger partial charge in [-0.05, 0) is 45.7 Å². The van der Waals surface area contributed by atoms with Crippen molar-refractivity contribution in [2.24, 2.45) is 0 Å². The van der Waals surface area contributed by atoms with Gasteiger partial charge in [0.25, 0.3) is 0 Å². The number of hydrogen-bond donors (Lipinski definition) is 2. The molecule has 1 rings (SSSR count). The molecular weight excluding hydrogens is 270 g/mol. The van der Waals surface area contributed by atoms with Crippen molar-refractivity contribution < 1.29 is 14.3 Å². The van der Waals surface area contributed by atoms with Crippen molar-refractivity contribution >= 4 is 17.7 Å². The highest BCUT2D eigenvalue weighted by molar-refractivity contribution is 5.95. The molecule has 1 aromatic heterocycles. The van der Waals surface area contributed by atoms with Crippen LogP contribution in [0.4, 0.5) is 10.6 Å². The number of aromatic nitrogens is 1. The van der Waals surface area contributed by atoms with E-state index in [1.807, 2.05) is 20.8 Å². The van der Waals surface area contributed by atoms with E-state index in [2.05, 4.69) is 10.3 Å². The monoisotopic (exact) mass is 293 g/mol. The van der Waals surface area contributed by atoms with Crippen LogP contribution in [0.2, 0.25) is 0 Å². The summed E-state index contributed by atoms with van der Waals surface area (Å²) in [6.07, 6.45) is 2.88. The smallest absolute Gasteiger partial charge is 0.407 e. The average molecular weight is 293 g/mol. The van der Waals surface area contributed by atoms with Crippen molar-refractivity contribution in [1.29, 1.82) is 0 Å². The number of pyridine rings is 1. The predicted molar refractivity (Wildman–Crippen MR) is 81.1 cm³/mol. The van der Waals surface area contributed by atoms with E-state index < -0.39 is 11.7 Å². The zero-order valence-electron chi connectivity index (χ0n) is 12.8. The molecular formula is C15H23N3O3. The summed E-state index contributed by atoms with van der Waals surface area (Å²) in [5, 5.41) is 2.66. The molecule has 0 fully saturated rings. The van der Waals surface area contributed by atoms with Crippen LogP contribution in [0.15, 0.2) is 18.3 Å². The molecule has 0 atom stereocenters. The summed E-state index contributed by atoms with van der Waals surface area (Å²) in [4.78, 5) is 27.1. The minimum atomic E-state index is -0.498. The number of unbranched alkanes of at least 4 members (excludes halogenated alkanes) is 1. The number of hydrogen-bond acceptors (Lipinski definition) is 5. The maximum atomic E-state index is 11.8. The Bertz CT molecular complexity index is 478. The minimum Gasteiger partial charge on any atom is -0.444 e. The molecule has 116 valence electrons. The second-order valence-corrected chi connectivity index (χ2v) is 5.78. The first-order valence-electron chi connectivity index (χ1n) is 6.99. The van der Waals surface area contributed by atoms with Gasteiger partial charge in [-0.2, -0.15) is 0 Å². The summed E-state index contributed by atoms with van der Waals surface area (Å²) in [6, 6.07) is 3.28. The Kier molecular flexibility index (Phi) is 6.14. The van der Waals surface area contributed by atoms with Crippen LogP contribution < -0.4 is 11.1 Å². The Morgan fingerprint density at radius 2 is 2.00 bits per heavy atom. The molecule has 0 aliphatic heterocycles. The Morgan fingerprint density at radius 3 is 2.57 bits per heavy atom. The van der Waals surface area contributed by atoms with Gasteiger partial charge in [0.2, 0.25) is 0 Å². The van der Waals surface area contributed by atoms with Gasteiger partial charge in [0.15, 0.2) is 5.78 Å². The van der Waals surface area contributed by atoms with E-state index in [0.717, 1.165) is 0 Å². The van der Waals surface area contributed by atoms with Crippen LogP contribution in [0.5, 0.6) is 0 Å². The van der Waals surface area contributed by atoms with E-state index in [1.54, 1.807) is 12.1 Å². The molecule has 0 radical (unpaired) electrons. The maximum Gasteiger partial charge on any atom is 0.407 e. The van der Waals surface area contributed by atoms with Crippen LogP contribution >= 0.6 is 0 Å². The molecule has 6 nitrogen and oxygen atoms in total. The van der Waals surface area contributed by atoms with E-state index in [9.17, 15) is 9.59 Å². The lowest BCUT2D eigenvalue weighted by atomic mass is 10.1. The number of nitrogens with two attached hydrogens (primary N) is 1. The fourth-order valence-electron chi connectivity index (χ4n) is 1.63. The lowest BCUT2D eigenvalue weighted by Crippen LogP contribution is -2.33. The molecule has 21 heavy (non-hydrogen) atoms. The van der Waals surface area contributed by atoms with E-state index in [0.29, 0.717) is 37.2 Å². The number of nitrogens with zero attached hydrogens (tertiary/aromatic N) is 1. The van der Waals surface area contributed by atoms with Gasteiger partial charge in [0.05, 0.1) is 0 Å². The highest BCUT2D eigenvalue weighted by Crippen LogP contribution is 2.08. The van der Waals surface area contributed by atoms with Crippen LogP contribution in [0, 0.1) is 0 Å². The van der Waals surface area contributed by atoms with E-state index in [4.69, 9.17) is 10.5 Å². The number of carbonyl (C=O) groups is 2. The second kappa shape index (κ2) is 7.61. The molecule has 1 aromatic rings. The molecule has 0 aliphatic carbocycles. The minimum absolute atomic E-state index is 0.0276. The Hall–Kier alpha value is -2.11. The van der Waals surface area contributed by atoms with Crippen LogP contribution in [-0.4, -0.2) is 29.0 Å². The molecule has 3 N–H and O–H groups in total. The third-order valence-electron chi connectivity index (χ3n) is 2.61. The molecule has 0 bridgehead atoms. The summed E-state index contributed by atoms with van der Waals surface area (Å²) < 4.78 is 5.11. The Labute approximate surface area is 125 Å². The summed E-state index contributed by atoms with van der Waals surface area (Å²) in [5.74, 6) is 0.424. The number of alkyl carbamates (subject to hydrolysis) is 1. The summed E-state index contributed by atoms with van der Waals surface area (Å²) in [5.41, 5.74) is 5.53. The van der Waals surface area contributed by atoms with Gasteiger partial charge in [-0.1, -0.05) is 0 Å². The van der Waals surface area contributed by atoms with Gasteiger partial charge < -0.3 is 15.8 Å². The molecule has 1 heterocycles. The molecule has 0 aliphatic rings. The summed E-state index contributed by atoms with van der Waals surface area (Å²) in [7, 11) is 0. The zero-order valence-corrected chi connectivity index (χ0v) is 12.8. The largest absolute Gasteiger partial charge is 0.444 e. The third kappa shape index (κ3) is 7.29. The first-order valence-corrected chi connectivity index (χ1v) is 6.99. The normalized spacial score (nSPS) is 11.0. The second-order valence-electron chi connectivity index (χ2n) is 5.78. The van der Waals surface area contributed by atoms with Crippen molar-refractivity contribution in [2.45, 2.75) is 45.6 Å². The van der Waals surface area contributed by atoms with Crippen LogP contribution in [0.25, 0.3) is 0 Å². The third-order valence-corrected chi connectivity index (χ3v) is 2.61. The number of ketones is 1. The zero-order chi connectivity index (χ0) is 15.9. The number of amides is 1. The molecule has 6 heteroatoms. The van der Waals surface area contributed by atoms with E-state index in [-0.39, 0.29) is 5.78 Å². The molecule has 0 spiro atoms. The topological polar surface area (TPSA) is 94.3 Å². The SMILES string of the molecule is CC(C)(C)OC(=O)NCCCCC(=O)c1ccc(N)nc1. The standard InChI is InChI=1S/C15H23N3O3/c1-15(2,3)21-14(20)17-9-5-4-6-12(19)11-7-8-13(16)18-10-11/h7-8,10H,4-6,9H2,1-3H3,(H2,16,18)(H,17,20). The molecule has 0 unspecified atom stereocenters.